The predicted molar refractivity (Wildman–Crippen MR) is 86.4 cm³/mol. The lowest BCUT2D eigenvalue weighted by Gasteiger charge is -2.38. The molecule has 2 rings (SSSR count). The van der Waals surface area contributed by atoms with Crippen LogP contribution >= 0.6 is 0 Å². The van der Waals surface area contributed by atoms with Crippen molar-refractivity contribution >= 4 is 5.91 Å². The van der Waals surface area contributed by atoms with Crippen LogP contribution in [0.4, 0.5) is 0 Å². The lowest BCUT2D eigenvalue weighted by molar-refractivity contribution is -0.130. The Morgan fingerprint density at radius 1 is 0.952 bits per heavy atom. The van der Waals surface area contributed by atoms with Crippen LogP contribution in [-0.2, 0) is 4.79 Å². The molecule has 2 saturated heterocycles. The molecule has 5 heteroatoms. The number of likely N-dealkylation sites (tertiary alicyclic amines) is 1. The van der Waals surface area contributed by atoms with E-state index in [-0.39, 0.29) is 5.91 Å². The van der Waals surface area contributed by atoms with Crippen LogP contribution in [-0.4, -0.2) is 98.5 Å². The van der Waals surface area contributed by atoms with Gasteiger partial charge in [-0.05, 0) is 38.4 Å². The Hall–Kier alpha value is -0.650. The van der Waals surface area contributed by atoms with Crippen molar-refractivity contribution in [2.24, 2.45) is 5.92 Å². The van der Waals surface area contributed by atoms with Gasteiger partial charge in [-0.1, -0.05) is 6.92 Å². The van der Waals surface area contributed by atoms with Crippen molar-refractivity contribution in [2.45, 2.75) is 19.8 Å². The third-order valence-corrected chi connectivity index (χ3v) is 4.99. The van der Waals surface area contributed by atoms with Gasteiger partial charge in [0.05, 0.1) is 6.54 Å². The Kier molecular flexibility index (Phi) is 6.45. The van der Waals surface area contributed by atoms with Crippen molar-refractivity contribution < 1.29 is 4.79 Å². The normalized spacial score (nSPS) is 23.4. The van der Waals surface area contributed by atoms with Gasteiger partial charge in [0.1, 0.15) is 0 Å². The smallest absolute Gasteiger partial charge is 0.236 e. The van der Waals surface area contributed by atoms with Gasteiger partial charge in [-0.3, -0.25) is 9.69 Å². The third-order valence-electron chi connectivity index (χ3n) is 4.99. The van der Waals surface area contributed by atoms with Crippen molar-refractivity contribution in [2.75, 3.05) is 73.0 Å². The highest BCUT2D eigenvalue weighted by Crippen LogP contribution is 2.19. The summed E-state index contributed by atoms with van der Waals surface area (Å²) in [5, 5.41) is 0. The van der Waals surface area contributed by atoms with Gasteiger partial charge in [0.15, 0.2) is 0 Å². The van der Waals surface area contributed by atoms with Crippen LogP contribution in [0.3, 0.4) is 0 Å². The molecule has 2 aliphatic rings. The lowest BCUT2D eigenvalue weighted by atomic mass is 9.96. The Morgan fingerprint density at radius 2 is 1.52 bits per heavy atom. The van der Waals surface area contributed by atoms with Crippen LogP contribution in [0.15, 0.2) is 0 Å². The average molecular weight is 296 g/mol. The van der Waals surface area contributed by atoms with E-state index in [4.69, 9.17) is 0 Å². The molecule has 5 nitrogen and oxygen atoms in total. The molecule has 0 N–H and O–H groups in total. The first-order valence-electron chi connectivity index (χ1n) is 8.45. The molecule has 0 aromatic carbocycles. The van der Waals surface area contributed by atoms with E-state index in [0.717, 1.165) is 19.0 Å². The molecular formula is C16H32N4O. The molecule has 0 aliphatic carbocycles. The van der Waals surface area contributed by atoms with Crippen molar-refractivity contribution in [1.29, 1.82) is 0 Å². The second-order valence-corrected chi connectivity index (χ2v) is 6.74. The highest BCUT2D eigenvalue weighted by atomic mass is 16.2. The van der Waals surface area contributed by atoms with E-state index in [1.54, 1.807) is 4.90 Å². The molecule has 0 saturated carbocycles. The van der Waals surface area contributed by atoms with Crippen LogP contribution in [0.2, 0.25) is 0 Å². The minimum absolute atomic E-state index is 0.226. The molecule has 2 heterocycles. The van der Waals surface area contributed by atoms with Gasteiger partial charge >= 0.3 is 0 Å². The molecule has 0 spiro atoms. The maximum absolute atomic E-state index is 11.7. The number of amides is 1. The van der Waals surface area contributed by atoms with Gasteiger partial charge in [-0.25, -0.2) is 0 Å². The summed E-state index contributed by atoms with van der Waals surface area (Å²) in [5.41, 5.74) is 0. The van der Waals surface area contributed by atoms with Crippen LogP contribution in [0.5, 0.6) is 0 Å². The predicted octanol–water partition coefficient (Wildman–Crippen LogP) is 0.424. The van der Waals surface area contributed by atoms with Gasteiger partial charge in [-0.15, -0.1) is 0 Å². The SMILES string of the molecule is CCN1CCN(CC2CCN(CC(=O)N(C)C)CC2)CC1. The van der Waals surface area contributed by atoms with Crippen LogP contribution in [0, 0.1) is 5.92 Å². The minimum Gasteiger partial charge on any atom is -0.348 e. The summed E-state index contributed by atoms with van der Waals surface area (Å²) in [6.45, 7) is 12.4. The molecule has 0 atom stereocenters. The van der Waals surface area contributed by atoms with Crippen molar-refractivity contribution in [1.82, 2.24) is 19.6 Å². The monoisotopic (exact) mass is 296 g/mol. The van der Waals surface area contributed by atoms with Crippen molar-refractivity contribution in [3.8, 4) is 0 Å². The first kappa shape index (κ1) is 16.7. The molecule has 2 aliphatic heterocycles. The summed E-state index contributed by atoms with van der Waals surface area (Å²) in [7, 11) is 3.68. The van der Waals surface area contributed by atoms with E-state index in [0.29, 0.717) is 6.54 Å². The van der Waals surface area contributed by atoms with Gasteiger partial charge in [-0.2, -0.15) is 0 Å². The fourth-order valence-electron chi connectivity index (χ4n) is 3.31. The molecule has 0 bridgehead atoms. The van der Waals surface area contributed by atoms with E-state index in [9.17, 15) is 4.79 Å². The number of piperazine rings is 1. The number of likely N-dealkylation sites (N-methyl/N-ethyl adjacent to an activating group) is 2. The minimum atomic E-state index is 0.226. The Morgan fingerprint density at radius 3 is 2.05 bits per heavy atom. The standard InChI is InChI=1S/C16H32N4O/c1-4-18-9-11-20(12-10-18)13-15-5-7-19(8-6-15)14-16(21)17(2)3/h15H,4-14H2,1-3H3. The van der Waals surface area contributed by atoms with Crippen LogP contribution < -0.4 is 0 Å². The quantitative estimate of drug-likeness (QED) is 0.736. The first-order chi connectivity index (χ1) is 10.1. The number of hydrogen-bond donors (Lipinski definition) is 0. The number of hydrogen-bond acceptors (Lipinski definition) is 4. The van der Waals surface area contributed by atoms with Crippen molar-refractivity contribution in [3.05, 3.63) is 0 Å². The second-order valence-electron chi connectivity index (χ2n) is 6.74. The first-order valence-corrected chi connectivity index (χ1v) is 8.45. The van der Waals surface area contributed by atoms with E-state index >= 15 is 0 Å². The van der Waals surface area contributed by atoms with Gasteiger partial charge in [0.2, 0.25) is 5.91 Å². The van der Waals surface area contributed by atoms with Gasteiger partial charge < -0.3 is 14.7 Å². The van der Waals surface area contributed by atoms with E-state index in [1.165, 1.54) is 52.1 Å². The number of carbonyl (C=O) groups excluding carboxylic acids is 1. The molecule has 2 fully saturated rings. The highest BCUT2D eigenvalue weighted by molar-refractivity contribution is 5.77. The molecular weight excluding hydrogens is 264 g/mol. The molecule has 122 valence electrons. The molecule has 0 aromatic rings. The fourth-order valence-corrected chi connectivity index (χ4v) is 3.31. The summed E-state index contributed by atoms with van der Waals surface area (Å²) < 4.78 is 0. The molecule has 0 radical (unpaired) electrons. The van der Waals surface area contributed by atoms with Crippen molar-refractivity contribution in [3.63, 3.8) is 0 Å². The lowest BCUT2D eigenvalue weighted by Crippen LogP contribution is -2.49. The zero-order valence-electron chi connectivity index (χ0n) is 14.1. The number of rotatable bonds is 5. The van der Waals surface area contributed by atoms with Gasteiger partial charge in [0, 0.05) is 46.8 Å². The zero-order valence-corrected chi connectivity index (χ0v) is 14.1. The largest absolute Gasteiger partial charge is 0.348 e. The Balaban J connectivity index is 1.64. The summed E-state index contributed by atoms with van der Waals surface area (Å²) in [4.78, 5) is 20.9. The fraction of sp³-hybridized carbons (Fsp3) is 0.938. The summed E-state index contributed by atoms with van der Waals surface area (Å²) in [6, 6.07) is 0. The number of carbonyl (C=O) groups is 1. The third kappa shape index (κ3) is 5.24. The maximum Gasteiger partial charge on any atom is 0.236 e. The number of piperidine rings is 1. The Bertz CT molecular complexity index is 318. The Labute approximate surface area is 129 Å². The van der Waals surface area contributed by atoms with Crippen LogP contribution in [0.1, 0.15) is 19.8 Å². The van der Waals surface area contributed by atoms with Gasteiger partial charge in [0.25, 0.3) is 0 Å². The summed E-state index contributed by atoms with van der Waals surface area (Å²) in [6.07, 6.45) is 2.49. The topological polar surface area (TPSA) is 30.0 Å². The maximum atomic E-state index is 11.7. The zero-order chi connectivity index (χ0) is 15.2. The second kappa shape index (κ2) is 8.11. The number of nitrogens with zero attached hydrogens (tertiary/aromatic N) is 4. The van der Waals surface area contributed by atoms with E-state index < -0.39 is 0 Å². The molecule has 0 aromatic heterocycles. The molecule has 21 heavy (non-hydrogen) atoms. The molecule has 1 amide bonds. The summed E-state index contributed by atoms with van der Waals surface area (Å²) in [5.74, 6) is 1.05. The van der Waals surface area contributed by atoms with Crippen LogP contribution in [0.25, 0.3) is 0 Å². The van der Waals surface area contributed by atoms with E-state index in [2.05, 4.69) is 21.6 Å². The van der Waals surface area contributed by atoms with E-state index in [1.807, 2.05) is 14.1 Å². The highest BCUT2D eigenvalue weighted by Gasteiger charge is 2.24. The molecule has 0 unspecified atom stereocenters. The summed E-state index contributed by atoms with van der Waals surface area (Å²) >= 11 is 0. The average Bonchev–Trinajstić information content (AvgIpc) is 2.50.